The van der Waals surface area contributed by atoms with Crippen molar-refractivity contribution in [3.8, 4) is 0 Å². The van der Waals surface area contributed by atoms with Gasteiger partial charge in [0.05, 0.1) is 24.0 Å². The molecule has 0 spiro atoms. The Morgan fingerprint density at radius 3 is 1.29 bits per heavy atom. The Morgan fingerprint density at radius 1 is 0.629 bits per heavy atom. The van der Waals surface area contributed by atoms with Crippen LogP contribution in [0.3, 0.4) is 0 Å². The summed E-state index contributed by atoms with van der Waals surface area (Å²) in [5.74, 6) is -2.28. The van der Waals surface area contributed by atoms with Crippen LogP contribution in [0.2, 0.25) is 0 Å². The van der Waals surface area contributed by atoms with E-state index in [1.807, 2.05) is 13.8 Å². The summed E-state index contributed by atoms with van der Waals surface area (Å²) in [6.45, 7) is 8.43. The van der Waals surface area contributed by atoms with E-state index in [1.165, 1.54) is 0 Å². The third-order valence-electron chi connectivity index (χ3n) is 12.2. The Morgan fingerprint density at radius 2 is 0.984 bits per heavy atom. The van der Waals surface area contributed by atoms with Crippen LogP contribution in [0.15, 0.2) is 0 Å². The number of β-amino-alcohol motifs (C(OH)–C–C–N with tert-alkyl or cyclic N) is 2. The van der Waals surface area contributed by atoms with E-state index in [4.69, 9.17) is 10.2 Å². The molecular formula is C40H62F2N12O8. The van der Waals surface area contributed by atoms with E-state index in [9.17, 15) is 29.4 Å². The van der Waals surface area contributed by atoms with Crippen molar-refractivity contribution in [3.63, 3.8) is 0 Å². The molecule has 4 fully saturated rings. The average molecular weight is 877 g/mol. The molecule has 4 amide bonds. The highest BCUT2D eigenvalue weighted by Crippen LogP contribution is 2.33. The molecule has 20 nitrogen and oxygen atoms in total. The average Bonchev–Trinajstić information content (AvgIpc) is 4.06. The number of anilines is 4. The highest BCUT2D eigenvalue weighted by atomic mass is 19.1. The van der Waals surface area contributed by atoms with E-state index in [1.54, 1.807) is 23.6 Å². The first kappa shape index (κ1) is 47.7. The van der Waals surface area contributed by atoms with Gasteiger partial charge in [-0.2, -0.15) is 8.78 Å². The van der Waals surface area contributed by atoms with Crippen molar-refractivity contribution in [1.82, 2.24) is 41.4 Å². The maximum atomic E-state index is 15.0. The molecule has 0 aromatic carbocycles. The minimum absolute atomic E-state index is 0.0103. The van der Waals surface area contributed by atoms with Crippen molar-refractivity contribution < 1.29 is 48.4 Å². The second-order valence-corrected chi connectivity index (χ2v) is 17.2. The number of hydrazine groups is 2. The number of hydrogen-bond donors (Lipinski definition) is 10. The van der Waals surface area contributed by atoms with Crippen molar-refractivity contribution >= 4 is 47.3 Å². The summed E-state index contributed by atoms with van der Waals surface area (Å²) >= 11 is 0. The van der Waals surface area contributed by atoms with E-state index < -0.39 is 59.7 Å². The summed E-state index contributed by atoms with van der Waals surface area (Å²) in [5, 5.41) is 42.3. The van der Waals surface area contributed by atoms with Gasteiger partial charge in [0.1, 0.15) is 11.6 Å². The number of rotatable bonds is 16. The minimum Gasteiger partial charge on any atom is -0.465 e. The SMILES string of the molecule is Cc1nc(NNC(=O)[C@@H](CNC(=O)O)CC2CCCC2)c(F)c(N2C[C@@H](C)[C@@H](O)C2)n1.Cc1nc(NNC(=O)[C@@H](CNC(=O)O)CC2CCCC2)c(F)c(N2C[C@@H](O)[C@@H](C)C2)n1. The van der Waals surface area contributed by atoms with Crippen LogP contribution in [0.1, 0.15) is 89.7 Å². The third-order valence-corrected chi connectivity index (χ3v) is 12.2. The molecule has 10 N–H and O–H groups in total. The van der Waals surface area contributed by atoms with Gasteiger partial charge >= 0.3 is 12.2 Å². The molecule has 0 unspecified atom stereocenters. The predicted molar refractivity (Wildman–Crippen MR) is 224 cm³/mol. The van der Waals surface area contributed by atoms with Crippen LogP contribution in [0.4, 0.5) is 41.6 Å². The molecule has 0 bridgehead atoms. The molecule has 4 heterocycles. The van der Waals surface area contributed by atoms with Gasteiger partial charge in [0.15, 0.2) is 23.3 Å². The van der Waals surface area contributed by atoms with E-state index >= 15 is 8.78 Å². The highest BCUT2D eigenvalue weighted by molar-refractivity contribution is 5.81. The first-order chi connectivity index (χ1) is 29.5. The number of halogens is 2. The summed E-state index contributed by atoms with van der Waals surface area (Å²) < 4.78 is 30.1. The summed E-state index contributed by atoms with van der Waals surface area (Å²) in [6.07, 6.45) is 6.14. The summed E-state index contributed by atoms with van der Waals surface area (Å²) in [6, 6.07) is 0. The van der Waals surface area contributed by atoms with Gasteiger partial charge in [-0.15, -0.1) is 0 Å². The summed E-state index contributed by atoms with van der Waals surface area (Å²) in [5.41, 5.74) is 10.0. The lowest BCUT2D eigenvalue weighted by molar-refractivity contribution is -0.125. The second-order valence-electron chi connectivity index (χ2n) is 17.2. The Labute approximate surface area is 359 Å². The van der Waals surface area contributed by atoms with Crippen molar-refractivity contribution in [3.05, 3.63) is 23.3 Å². The van der Waals surface area contributed by atoms with Gasteiger partial charge in [0, 0.05) is 51.1 Å². The molecule has 344 valence electrons. The van der Waals surface area contributed by atoms with Crippen molar-refractivity contribution in [2.45, 2.75) is 104 Å². The molecule has 4 aliphatic rings. The number of carboxylic acid groups (broad SMARTS) is 2. The zero-order chi connectivity index (χ0) is 45.1. The Bertz CT molecular complexity index is 1720. The molecule has 62 heavy (non-hydrogen) atoms. The van der Waals surface area contributed by atoms with Crippen LogP contribution < -0.4 is 42.1 Å². The molecule has 2 aliphatic heterocycles. The van der Waals surface area contributed by atoms with Gasteiger partial charge in [-0.05, 0) is 38.5 Å². The fraction of sp³-hybridized carbons (Fsp3) is 0.700. The number of aliphatic hydroxyl groups is 2. The predicted octanol–water partition coefficient (Wildman–Crippen LogP) is 3.30. The van der Waals surface area contributed by atoms with Crippen molar-refractivity contribution in [2.24, 2.45) is 35.5 Å². The van der Waals surface area contributed by atoms with Gasteiger partial charge in [-0.3, -0.25) is 31.3 Å². The lowest BCUT2D eigenvalue weighted by Crippen LogP contribution is -2.42. The monoisotopic (exact) mass is 876 g/mol. The van der Waals surface area contributed by atoms with Gasteiger partial charge in [-0.25, -0.2) is 29.5 Å². The third kappa shape index (κ3) is 13.3. The lowest BCUT2D eigenvalue weighted by Gasteiger charge is -2.22. The normalized spacial score (nSPS) is 22.4. The fourth-order valence-electron chi connectivity index (χ4n) is 8.65. The molecule has 2 saturated heterocycles. The molecule has 6 rings (SSSR count). The topological polar surface area (TPSA) is 279 Å². The second kappa shape index (κ2) is 22.1. The van der Waals surface area contributed by atoms with Crippen molar-refractivity contribution in [1.29, 1.82) is 0 Å². The van der Waals surface area contributed by atoms with E-state index in [0.717, 1.165) is 51.4 Å². The van der Waals surface area contributed by atoms with Crippen molar-refractivity contribution in [2.75, 3.05) is 59.9 Å². The molecule has 6 atom stereocenters. The summed E-state index contributed by atoms with van der Waals surface area (Å²) in [7, 11) is 0. The zero-order valence-electron chi connectivity index (χ0n) is 35.8. The quantitative estimate of drug-likeness (QED) is 0.108. The van der Waals surface area contributed by atoms with Crippen LogP contribution >= 0.6 is 0 Å². The van der Waals surface area contributed by atoms with Gasteiger partial charge in [0.2, 0.25) is 23.4 Å². The molecular weight excluding hydrogens is 815 g/mol. The number of nitrogens with one attached hydrogen (secondary N) is 6. The maximum Gasteiger partial charge on any atom is 0.404 e. The number of carbonyl (C=O) groups excluding carboxylic acids is 2. The molecule has 22 heteroatoms. The number of nitrogens with zero attached hydrogens (tertiary/aromatic N) is 6. The van der Waals surface area contributed by atoms with Gasteiger partial charge < -0.3 is 40.9 Å². The first-order valence-electron chi connectivity index (χ1n) is 21.5. The van der Waals surface area contributed by atoms with E-state index in [0.29, 0.717) is 49.4 Å². The fourth-order valence-corrected chi connectivity index (χ4v) is 8.65. The number of aliphatic hydroxyl groups excluding tert-OH is 2. The van der Waals surface area contributed by atoms with E-state index in [2.05, 4.69) is 52.3 Å². The Balaban J connectivity index is 0.000000234. The largest absolute Gasteiger partial charge is 0.465 e. The number of carbonyl (C=O) groups is 4. The summed E-state index contributed by atoms with van der Waals surface area (Å²) in [4.78, 5) is 67.0. The highest BCUT2D eigenvalue weighted by Gasteiger charge is 2.34. The molecule has 0 radical (unpaired) electrons. The maximum absolute atomic E-state index is 15.0. The van der Waals surface area contributed by atoms with Crippen LogP contribution in [0.25, 0.3) is 0 Å². The Kier molecular flexibility index (Phi) is 17.0. The number of aryl methyl sites for hydroxylation is 2. The van der Waals surface area contributed by atoms with Crippen LogP contribution in [0.5, 0.6) is 0 Å². The molecule has 2 aliphatic carbocycles. The van der Waals surface area contributed by atoms with E-state index in [-0.39, 0.29) is 61.3 Å². The zero-order valence-corrected chi connectivity index (χ0v) is 35.8. The van der Waals surface area contributed by atoms with Gasteiger partial charge in [-0.1, -0.05) is 65.2 Å². The van der Waals surface area contributed by atoms with Crippen LogP contribution in [-0.4, -0.2) is 116 Å². The smallest absolute Gasteiger partial charge is 0.404 e. The molecule has 2 aromatic heterocycles. The van der Waals surface area contributed by atoms with Crippen LogP contribution in [-0.2, 0) is 9.59 Å². The standard InChI is InChI=1S/2C20H31FN6O4/c2*1-11-9-27(10-15(11)28)18-16(21)17(23-12(2)24-18)25-26-19(29)14(8-22-20(30)31)7-13-5-3-4-6-13/h2*11,13-15,22,28H,3-10H2,1-2H3,(H,26,29)(H,30,31)(H,23,24,25)/t11-,14+,15+;11-,14-,15+/m01/s1. The lowest BCUT2D eigenvalue weighted by atomic mass is 9.92. The molecule has 2 aromatic rings. The number of amides is 4. The van der Waals surface area contributed by atoms with Crippen LogP contribution in [0, 0.1) is 61.0 Å². The Hall–Kier alpha value is -5.38. The number of aromatic nitrogens is 4. The minimum atomic E-state index is -1.19. The first-order valence-corrected chi connectivity index (χ1v) is 21.5. The molecule has 2 saturated carbocycles. The number of hydrogen-bond acceptors (Lipinski definition) is 14. The van der Waals surface area contributed by atoms with Gasteiger partial charge in [0.25, 0.3) is 0 Å².